The van der Waals surface area contributed by atoms with Crippen LogP contribution in [0, 0.1) is 0 Å². The Kier molecular flexibility index (Phi) is 6.64. The first-order chi connectivity index (χ1) is 9.88. The monoisotopic (exact) mass is 295 g/mol. The van der Waals surface area contributed by atoms with Gasteiger partial charge in [0, 0.05) is 18.3 Å². The summed E-state index contributed by atoms with van der Waals surface area (Å²) in [5, 5.41) is 11.2. The predicted molar refractivity (Wildman–Crippen MR) is 79.3 cm³/mol. The van der Waals surface area contributed by atoms with Crippen molar-refractivity contribution in [2.45, 2.75) is 12.5 Å². The lowest BCUT2D eigenvalue weighted by molar-refractivity contribution is -0.138. The van der Waals surface area contributed by atoms with Crippen LogP contribution in [0.25, 0.3) is 0 Å². The van der Waals surface area contributed by atoms with Gasteiger partial charge < -0.3 is 25.8 Å². The van der Waals surface area contributed by atoms with E-state index in [2.05, 4.69) is 5.32 Å². The van der Waals surface area contributed by atoms with E-state index in [0.29, 0.717) is 18.0 Å². The molecular weight excluding hydrogens is 274 g/mol. The lowest BCUT2D eigenvalue weighted by atomic mass is 10.2. The van der Waals surface area contributed by atoms with Crippen molar-refractivity contribution in [1.29, 1.82) is 0 Å². The Balaban J connectivity index is 2.55. The van der Waals surface area contributed by atoms with Gasteiger partial charge in [-0.1, -0.05) is 6.07 Å². The van der Waals surface area contributed by atoms with E-state index in [1.54, 1.807) is 24.3 Å². The smallest absolute Gasteiger partial charge is 0.305 e. The van der Waals surface area contributed by atoms with Gasteiger partial charge in [0.1, 0.15) is 12.4 Å². The number of hydrogen-bond acceptors (Lipinski definition) is 5. The van der Waals surface area contributed by atoms with Gasteiger partial charge in [-0.15, -0.1) is 0 Å². The van der Waals surface area contributed by atoms with Crippen LogP contribution in [-0.2, 0) is 9.59 Å². The first-order valence-electron chi connectivity index (χ1n) is 6.54. The van der Waals surface area contributed by atoms with Crippen LogP contribution in [-0.4, -0.2) is 55.2 Å². The van der Waals surface area contributed by atoms with Gasteiger partial charge in [0.25, 0.3) is 0 Å². The SMILES string of the molecule is CN(C)CCOc1cccc(NC(=O)C(N)CC(=O)O)c1. The maximum atomic E-state index is 11.7. The van der Waals surface area contributed by atoms with Crippen molar-refractivity contribution in [3.8, 4) is 5.75 Å². The van der Waals surface area contributed by atoms with E-state index in [4.69, 9.17) is 15.6 Å². The third kappa shape index (κ3) is 6.73. The molecule has 1 unspecified atom stereocenters. The molecule has 0 fully saturated rings. The molecule has 0 aromatic heterocycles. The molecule has 4 N–H and O–H groups in total. The van der Waals surface area contributed by atoms with Gasteiger partial charge in [-0.05, 0) is 26.2 Å². The molecular formula is C14H21N3O4. The van der Waals surface area contributed by atoms with Gasteiger partial charge in [-0.3, -0.25) is 9.59 Å². The summed E-state index contributed by atoms with van der Waals surface area (Å²) in [7, 11) is 3.90. The number of likely N-dealkylation sites (N-methyl/N-ethyl adjacent to an activating group) is 1. The number of hydrogen-bond donors (Lipinski definition) is 3. The molecule has 0 bridgehead atoms. The number of carboxylic acid groups (broad SMARTS) is 1. The molecule has 7 heteroatoms. The molecule has 116 valence electrons. The van der Waals surface area contributed by atoms with Crippen LogP contribution in [0.15, 0.2) is 24.3 Å². The van der Waals surface area contributed by atoms with E-state index < -0.39 is 24.3 Å². The number of carbonyl (C=O) groups excluding carboxylic acids is 1. The second-order valence-electron chi connectivity index (χ2n) is 4.87. The summed E-state index contributed by atoms with van der Waals surface area (Å²) in [6, 6.07) is 5.79. The molecule has 1 aromatic rings. The number of anilines is 1. The topological polar surface area (TPSA) is 105 Å². The zero-order valence-electron chi connectivity index (χ0n) is 12.2. The summed E-state index contributed by atoms with van der Waals surface area (Å²) in [4.78, 5) is 24.2. The summed E-state index contributed by atoms with van der Waals surface area (Å²) >= 11 is 0. The molecule has 1 amide bonds. The van der Waals surface area contributed by atoms with E-state index >= 15 is 0 Å². The largest absolute Gasteiger partial charge is 0.492 e. The number of nitrogens with zero attached hydrogens (tertiary/aromatic N) is 1. The Morgan fingerprint density at radius 3 is 2.76 bits per heavy atom. The zero-order valence-corrected chi connectivity index (χ0v) is 12.2. The van der Waals surface area contributed by atoms with Crippen molar-refractivity contribution in [2.75, 3.05) is 32.6 Å². The van der Waals surface area contributed by atoms with Crippen molar-refractivity contribution in [1.82, 2.24) is 4.90 Å². The molecule has 7 nitrogen and oxygen atoms in total. The van der Waals surface area contributed by atoms with E-state index in [1.807, 2.05) is 19.0 Å². The second kappa shape index (κ2) is 8.23. The number of benzene rings is 1. The number of nitrogens with two attached hydrogens (primary N) is 1. The minimum atomic E-state index is -1.11. The number of amides is 1. The Morgan fingerprint density at radius 2 is 2.14 bits per heavy atom. The molecule has 0 saturated carbocycles. The van der Waals surface area contributed by atoms with Gasteiger partial charge in [0.05, 0.1) is 12.5 Å². The molecule has 0 aliphatic carbocycles. The third-order valence-corrected chi connectivity index (χ3v) is 2.64. The quantitative estimate of drug-likeness (QED) is 0.640. The van der Waals surface area contributed by atoms with Crippen LogP contribution in [0.2, 0.25) is 0 Å². The van der Waals surface area contributed by atoms with E-state index in [-0.39, 0.29) is 0 Å². The van der Waals surface area contributed by atoms with Gasteiger partial charge in [0.15, 0.2) is 0 Å². The van der Waals surface area contributed by atoms with Crippen molar-refractivity contribution in [3.63, 3.8) is 0 Å². The molecule has 1 aromatic carbocycles. The molecule has 0 radical (unpaired) electrons. The van der Waals surface area contributed by atoms with Crippen LogP contribution < -0.4 is 15.8 Å². The van der Waals surface area contributed by atoms with Gasteiger partial charge in [-0.2, -0.15) is 0 Å². The number of ether oxygens (including phenoxy) is 1. The van der Waals surface area contributed by atoms with Crippen LogP contribution >= 0.6 is 0 Å². The molecule has 0 spiro atoms. The molecule has 0 heterocycles. The molecule has 0 aliphatic rings. The first-order valence-corrected chi connectivity index (χ1v) is 6.54. The molecule has 1 rings (SSSR count). The Hall–Kier alpha value is -2.12. The minimum absolute atomic E-state index is 0.412. The number of rotatable bonds is 8. The number of carboxylic acids is 1. The van der Waals surface area contributed by atoms with Crippen LogP contribution in [0.3, 0.4) is 0 Å². The fourth-order valence-electron chi connectivity index (χ4n) is 1.53. The predicted octanol–water partition coefficient (Wildman–Crippen LogP) is 0.368. The highest BCUT2D eigenvalue weighted by atomic mass is 16.5. The average Bonchev–Trinajstić information content (AvgIpc) is 2.37. The van der Waals surface area contributed by atoms with Crippen molar-refractivity contribution < 1.29 is 19.4 Å². The first kappa shape index (κ1) is 16.9. The van der Waals surface area contributed by atoms with Crippen molar-refractivity contribution >= 4 is 17.6 Å². The maximum Gasteiger partial charge on any atom is 0.305 e. The molecule has 1 atom stereocenters. The molecule has 0 saturated heterocycles. The van der Waals surface area contributed by atoms with E-state index in [9.17, 15) is 9.59 Å². The van der Waals surface area contributed by atoms with Crippen molar-refractivity contribution in [2.24, 2.45) is 5.73 Å². The van der Waals surface area contributed by atoms with Crippen LogP contribution in [0.1, 0.15) is 6.42 Å². The third-order valence-electron chi connectivity index (χ3n) is 2.64. The zero-order chi connectivity index (χ0) is 15.8. The average molecular weight is 295 g/mol. The fraction of sp³-hybridized carbons (Fsp3) is 0.429. The molecule has 21 heavy (non-hydrogen) atoms. The fourth-order valence-corrected chi connectivity index (χ4v) is 1.53. The van der Waals surface area contributed by atoms with E-state index in [1.165, 1.54) is 0 Å². The number of carbonyl (C=O) groups is 2. The van der Waals surface area contributed by atoms with Crippen LogP contribution in [0.4, 0.5) is 5.69 Å². The minimum Gasteiger partial charge on any atom is -0.492 e. The highest BCUT2D eigenvalue weighted by molar-refractivity contribution is 5.96. The lowest BCUT2D eigenvalue weighted by Gasteiger charge is -2.13. The highest BCUT2D eigenvalue weighted by Gasteiger charge is 2.17. The number of aliphatic carboxylic acids is 1. The standard InChI is InChI=1S/C14H21N3O4/c1-17(2)6-7-21-11-5-3-4-10(8-11)16-14(20)12(15)9-13(18)19/h3-5,8,12H,6-7,9,15H2,1-2H3,(H,16,20)(H,18,19). The van der Waals surface area contributed by atoms with Gasteiger partial charge >= 0.3 is 5.97 Å². The Morgan fingerprint density at radius 1 is 1.43 bits per heavy atom. The van der Waals surface area contributed by atoms with Crippen molar-refractivity contribution in [3.05, 3.63) is 24.3 Å². The number of nitrogens with one attached hydrogen (secondary N) is 1. The van der Waals surface area contributed by atoms with Gasteiger partial charge in [0.2, 0.25) is 5.91 Å². The van der Waals surface area contributed by atoms with Crippen LogP contribution in [0.5, 0.6) is 5.75 Å². The summed E-state index contributed by atoms with van der Waals surface area (Å²) in [6.45, 7) is 1.31. The Labute approximate surface area is 123 Å². The maximum absolute atomic E-state index is 11.7. The summed E-state index contributed by atoms with van der Waals surface area (Å²) in [5.41, 5.74) is 6.00. The second-order valence-corrected chi connectivity index (χ2v) is 4.87. The lowest BCUT2D eigenvalue weighted by Crippen LogP contribution is -2.37. The molecule has 0 aliphatic heterocycles. The summed E-state index contributed by atoms with van der Waals surface area (Å²) < 4.78 is 5.55. The normalized spacial score (nSPS) is 12.0. The summed E-state index contributed by atoms with van der Waals surface area (Å²) in [6.07, 6.45) is -0.412. The Bertz CT molecular complexity index is 491. The summed E-state index contributed by atoms with van der Waals surface area (Å²) in [5.74, 6) is -1.03. The highest BCUT2D eigenvalue weighted by Crippen LogP contribution is 2.17. The van der Waals surface area contributed by atoms with E-state index in [0.717, 1.165) is 6.54 Å². The van der Waals surface area contributed by atoms with Gasteiger partial charge in [-0.25, -0.2) is 0 Å².